The highest BCUT2D eigenvalue weighted by Gasteiger charge is 2.55. The van der Waals surface area contributed by atoms with Crippen LogP contribution in [0.5, 0.6) is 0 Å². The third-order valence-corrected chi connectivity index (χ3v) is 9.80. The molecule has 1 fully saturated rings. The number of hydrogen-bond acceptors (Lipinski definition) is 3. The predicted molar refractivity (Wildman–Crippen MR) is 130 cm³/mol. The Morgan fingerprint density at radius 1 is 0.710 bits per heavy atom. The summed E-state index contributed by atoms with van der Waals surface area (Å²) in [6.07, 6.45) is 0.432. The molecular formula is C26H30BO3P. The smallest absolute Gasteiger partial charge is 0.403 e. The predicted octanol–water partition coefficient (Wildman–Crippen LogP) is 5.42. The molecule has 0 N–H and O–H groups in total. The Bertz CT molecular complexity index is 992. The number of benzene rings is 3. The van der Waals surface area contributed by atoms with Crippen LogP contribution in [0.2, 0.25) is 0 Å². The Morgan fingerprint density at radius 3 is 1.52 bits per heavy atom. The summed E-state index contributed by atoms with van der Waals surface area (Å²) < 4.78 is 27.7. The van der Waals surface area contributed by atoms with E-state index >= 15 is 0 Å². The first-order valence-electron chi connectivity index (χ1n) is 10.8. The summed E-state index contributed by atoms with van der Waals surface area (Å²) in [7, 11) is -3.42. The van der Waals surface area contributed by atoms with Crippen LogP contribution in [-0.2, 0) is 13.9 Å². The first-order valence-corrected chi connectivity index (χ1v) is 12.7. The molecule has 1 aliphatic rings. The Labute approximate surface area is 186 Å². The molecule has 3 aromatic carbocycles. The molecule has 0 amide bonds. The summed E-state index contributed by atoms with van der Waals surface area (Å²) in [5.41, 5.74) is 0.176. The lowest BCUT2D eigenvalue weighted by Crippen LogP contribution is -2.41. The van der Waals surface area contributed by atoms with Crippen molar-refractivity contribution in [1.29, 1.82) is 0 Å². The molecule has 1 heterocycles. The summed E-state index contributed by atoms with van der Waals surface area (Å²) in [6.45, 7) is 8.23. The highest BCUT2D eigenvalue weighted by molar-refractivity contribution is 7.78. The largest absolute Gasteiger partial charge is 0.466 e. The van der Waals surface area contributed by atoms with E-state index in [1.54, 1.807) is 0 Å². The van der Waals surface area contributed by atoms with Crippen LogP contribution in [0, 0.1) is 0 Å². The lowest BCUT2D eigenvalue weighted by Gasteiger charge is -2.32. The summed E-state index contributed by atoms with van der Waals surface area (Å²) in [6, 6.07) is 29.8. The normalized spacial score (nSPS) is 18.6. The van der Waals surface area contributed by atoms with Gasteiger partial charge in [-0.2, -0.15) is 0 Å². The van der Waals surface area contributed by atoms with Crippen molar-refractivity contribution in [2.24, 2.45) is 0 Å². The molecule has 3 nitrogen and oxygen atoms in total. The minimum absolute atomic E-state index is 0.173. The van der Waals surface area contributed by atoms with Crippen LogP contribution in [-0.4, -0.2) is 24.5 Å². The molecule has 0 radical (unpaired) electrons. The second kappa shape index (κ2) is 8.43. The molecular weight excluding hydrogens is 402 g/mol. The standard InChI is InChI=1S/C26H30BO3P/c1-25(2)26(3,4)30-27(29-25)24(21-14-8-5-9-15-21)20-31(28,22-16-10-6-11-17-22)23-18-12-7-13-19-23/h5-19,24H,20H2,1-4H3/t24-/m0/s1. The van der Waals surface area contributed by atoms with Crippen LogP contribution < -0.4 is 10.6 Å². The minimum atomic E-state index is -2.94. The van der Waals surface area contributed by atoms with Gasteiger partial charge in [-0.05, 0) is 33.3 Å². The zero-order chi connectivity index (χ0) is 22.1. The van der Waals surface area contributed by atoms with Crippen molar-refractivity contribution in [3.05, 3.63) is 96.6 Å². The second-order valence-electron chi connectivity index (χ2n) is 9.24. The summed E-state index contributed by atoms with van der Waals surface area (Å²) in [4.78, 5) is 0. The third kappa shape index (κ3) is 4.30. The maximum atomic E-state index is 14.8. The van der Waals surface area contributed by atoms with E-state index in [0.29, 0.717) is 6.16 Å². The van der Waals surface area contributed by atoms with E-state index in [9.17, 15) is 4.57 Å². The van der Waals surface area contributed by atoms with E-state index in [2.05, 4.69) is 39.8 Å². The van der Waals surface area contributed by atoms with E-state index in [-0.39, 0.29) is 5.82 Å². The molecule has 1 saturated heterocycles. The van der Waals surface area contributed by atoms with Crippen molar-refractivity contribution in [2.45, 2.75) is 44.7 Å². The van der Waals surface area contributed by atoms with Gasteiger partial charge in [-0.15, -0.1) is 0 Å². The molecule has 0 spiro atoms. The number of hydrogen-bond donors (Lipinski definition) is 0. The zero-order valence-corrected chi connectivity index (χ0v) is 19.6. The summed E-state index contributed by atoms with van der Waals surface area (Å²) in [5.74, 6) is -0.173. The molecule has 0 bridgehead atoms. The van der Waals surface area contributed by atoms with E-state index < -0.39 is 25.5 Å². The van der Waals surface area contributed by atoms with Gasteiger partial charge in [-0.1, -0.05) is 91.0 Å². The van der Waals surface area contributed by atoms with Gasteiger partial charge in [0.25, 0.3) is 0 Å². The van der Waals surface area contributed by atoms with Crippen LogP contribution in [0.3, 0.4) is 0 Å². The van der Waals surface area contributed by atoms with E-state index in [1.165, 1.54) is 0 Å². The Kier molecular flexibility index (Phi) is 6.00. The van der Waals surface area contributed by atoms with Crippen molar-refractivity contribution in [3.8, 4) is 0 Å². The number of rotatable bonds is 6. The monoisotopic (exact) mass is 432 g/mol. The van der Waals surface area contributed by atoms with Gasteiger partial charge >= 0.3 is 7.12 Å². The lowest BCUT2D eigenvalue weighted by molar-refractivity contribution is 0.00578. The molecule has 3 aromatic rings. The van der Waals surface area contributed by atoms with Gasteiger partial charge in [0, 0.05) is 22.6 Å². The van der Waals surface area contributed by atoms with Gasteiger partial charge in [-0.3, -0.25) is 0 Å². The Hall–Kier alpha value is -2.13. The van der Waals surface area contributed by atoms with Crippen LogP contribution >= 0.6 is 7.14 Å². The van der Waals surface area contributed by atoms with E-state index in [0.717, 1.165) is 16.2 Å². The van der Waals surface area contributed by atoms with Gasteiger partial charge < -0.3 is 13.9 Å². The van der Waals surface area contributed by atoms with Crippen LogP contribution in [0.15, 0.2) is 91.0 Å². The van der Waals surface area contributed by atoms with E-state index in [4.69, 9.17) is 9.31 Å². The van der Waals surface area contributed by atoms with Crippen molar-refractivity contribution < 1.29 is 13.9 Å². The fraction of sp³-hybridized carbons (Fsp3) is 0.308. The molecule has 160 valence electrons. The minimum Gasteiger partial charge on any atom is -0.403 e. The van der Waals surface area contributed by atoms with Gasteiger partial charge in [-0.25, -0.2) is 0 Å². The fourth-order valence-electron chi connectivity index (χ4n) is 4.08. The molecule has 0 aliphatic carbocycles. The fourth-order valence-corrected chi connectivity index (χ4v) is 7.04. The van der Waals surface area contributed by atoms with E-state index in [1.807, 2.05) is 78.9 Å². The zero-order valence-electron chi connectivity index (χ0n) is 18.7. The molecule has 31 heavy (non-hydrogen) atoms. The molecule has 1 atom stereocenters. The van der Waals surface area contributed by atoms with Gasteiger partial charge in [0.15, 0.2) is 0 Å². The molecule has 0 aromatic heterocycles. The molecule has 1 aliphatic heterocycles. The summed E-state index contributed by atoms with van der Waals surface area (Å²) in [5, 5.41) is 1.72. The Balaban J connectivity index is 1.80. The third-order valence-electron chi connectivity index (χ3n) is 6.63. The topological polar surface area (TPSA) is 35.5 Å². The average Bonchev–Trinajstić information content (AvgIpc) is 3.00. The Morgan fingerprint density at radius 2 is 1.10 bits per heavy atom. The lowest BCUT2D eigenvalue weighted by atomic mass is 9.69. The summed E-state index contributed by atoms with van der Waals surface area (Å²) >= 11 is 0. The van der Waals surface area contributed by atoms with Crippen molar-refractivity contribution in [1.82, 2.24) is 0 Å². The molecule has 0 saturated carbocycles. The van der Waals surface area contributed by atoms with Gasteiger partial charge in [0.2, 0.25) is 0 Å². The van der Waals surface area contributed by atoms with Crippen LogP contribution in [0.1, 0.15) is 39.1 Å². The average molecular weight is 432 g/mol. The maximum absolute atomic E-state index is 14.8. The second-order valence-corrected chi connectivity index (χ2v) is 12.1. The van der Waals surface area contributed by atoms with Crippen molar-refractivity contribution in [3.63, 3.8) is 0 Å². The quantitative estimate of drug-likeness (QED) is 0.386. The van der Waals surface area contributed by atoms with Gasteiger partial charge in [0.05, 0.1) is 11.2 Å². The highest BCUT2D eigenvalue weighted by Crippen LogP contribution is 2.50. The SMILES string of the molecule is CC1(C)OB([C@@H](CP(=O)(c2ccccc2)c2ccccc2)c2ccccc2)OC1(C)C. The highest BCUT2D eigenvalue weighted by atomic mass is 31.2. The van der Waals surface area contributed by atoms with Crippen LogP contribution in [0.4, 0.5) is 0 Å². The van der Waals surface area contributed by atoms with Crippen molar-refractivity contribution >= 4 is 24.9 Å². The van der Waals surface area contributed by atoms with Gasteiger partial charge in [0.1, 0.15) is 7.14 Å². The van der Waals surface area contributed by atoms with Crippen molar-refractivity contribution in [2.75, 3.05) is 6.16 Å². The molecule has 5 heteroatoms. The van der Waals surface area contributed by atoms with Crippen LogP contribution in [0.25, 0.3) is 0 Å². The first kappa shape index (κ1) is 22.1. The molecule has 4 rings (SSSR count). The maximum Gasteiger partial charge on any atom is 0.466 e. The molecule has 0 unspecified atom stereocenters. The first-order chi connectivity index (χ1) is 14.7.